The molecule has 0 unspecified atom stereocenters. The maximum absolute atomic E-state index is 13.4. The summed E-state index contributed by atoms with van der Waals surface area (Å²) in [5, 5.41) is 10.6. The van der Waals surface area contributed by atoms with Crippen LogP contribution in [0, 0.1) is 17.3 Å². The van der Waals surface area contributed by atoms with E-state index in [1.54, 1.807) is 0 Å². The quantitative estimate of drug-likeness (QED) is 0.589. The van der Waals surface area contributed by atoms with E-state index in [0.29, 0.717) is 29.3 Å². The number of fused-ring (bicyclic) bond motifs is 5. The zero-order valence-electron chi connectivity index (χ0n) is 16.1. The fraction of sp³-hybridized carbons (Fsp3) is 0.400. The highest BCUT2D eigenvalue weighted by Crippen LogP contribution is 2.60. The molecule has 5 rings (SSSR count). The summed E-state index contributed by atoms with van der Waals surface area (Å²) in [6.45, 7) is 2.20. The van der Waals surface area contributed by atoms with Crippen molar-refractivity contribution < 1.29 is 9.90 Å². The molecule has 0 radical (unpaired) electrons. The van der Waals surface area contributed by atoms with Crippen LogP contribution < -0.4 is 0 Å². The molecule has 2 saturated carbocycles. The first-order valence-electron chi connectivity index (χ1n) is 10.3. The lowest BCUT2D eigenvalue weighted by atomic mass is 9.55. The van der Waals surface area contributed by atoms with Gasteiger partial charge in [0.25, 0.3) is 0 Å². The Hall–Kier alpha value is -2.06. The zero-order valence-corrected chi connectivity index (χ0v) is 16.9. The van der Waals surface area contributed by atoms with Gasteiger partial charge in [-0.05, 0) is 102 Å². The number of allylic oxidation sites excluding steroid dienone is 1. The molecule has 4 atom stereocenters. The van der Waals surface area contributed by atoms with Gasteiger partial charge in [0, 0.05) is 10.4 Å². The molecule has 3 heteroatoms. The third kappa shape index (κ3) is 2.73. The number of carbonyl (C=O) groups is 1. The second-order valence-electron chi connectivity index (χ2n) is 9.01. The van der Waals surface area contributed by atoms with E-state index in [0.717, 1.165) is 48.3 Å². The van der Waals surface area contributed by atoms with E-state index in [1.165, 1.54) is 11.1 Å². The van der Waals surface area contributed by atoms with Gasteiger partial charge >= 0.3 is 0 Å². The Bertz CT molecular complexity index is 975. The fourth-order valence-electron chi connectivity index (χ4n) is 6.13. The van der Waals surface area contributed by atoms with E-state index in [2.05, 4.69) is 19.1 Å². The summed E-state index contributed by atoms with van der Waals surface area (Å²) >= 11 is 6.00. The van der Waals surface area contributed by atoms with Crippen molar-refractivity contribution in [3.8, 4) is 5.75 Å². The molecular weight excluding hydrogens is 368 g/mol. The van der Waals surface area contributed by atoms with Crippen molar-refractivity contribution >= 4 is 23.5 Å². The highest BCUT2D eigenvalue weighted by Gasteiger charge is 2.56. The Morgan fingerprint density at radius 2 is 1.93 bits per heavy atom. The van der Waals surface area contributed by atoms with E-state index < -0.39 is 0 Å². The number of phenols is 1. The van der Waals surface area contributed by atoms with Crippen LogP contribution in [0.25, 0.3) is 6.08 Å². The lowest BCUT2D eigenvalue weighted by Crippen LogP contribution is -2.42. The first kappa shape index (κ1) is 18.0. The number of Topliss-reactive ketones (excluding diaryl/α,β-unsaturated/α-hetero) is 1. The van der Waals surface area contributed by atoms with Crippen LogP contribution in [0.4, 0.5) is 0 Å². The lowest BCUT2D eigenvalue weighted by molar-refractivity contribution is -0.127. The molecule has 2 nitrogen and oxygen atoms in total. The van der Waals surface area contributed by atoms with Crippen LogP contribution in [0.2, 0.25) is 5.02 Å². The summed E-state index contributed by atoms with van der Waals surface area (Å²) in [5.74, 6) is 2.20. The van der Waals surface area contributed by atoms with Gasteiger partial charge in [0.05, 0.1) is 0 Å². The number of aromatic hydroxyl groups is 1. The van der Waals surface area contributed by atoms with E-state index in [4.69, 9.17) is 11.6 Å². The van der Waals surface area contributed by atoms with Crippen LogP contribution in [-0.4, -0.2) is 10.9 Å². The van der Waals surface area contributed by atoms with Crippen molar-refractivity contribution in [1.82, 2.24) is 0 Å². The van der Waals surface area contributed by atoms with E-state index in [9.17, 15) is 9.90 Å². The topological polar surface area (TPSA) is 37.3 Å². The normalized spacial score (nSPS) is 32.7. The van der Waals surface area contributed by atoms with Crippen molar-refractivity contribution in [3.05, 3.63) is 69.8 Å². The van der Waals surface area contributed by atoms with Crippen LogP contribution in [0.5, 0.6) is 5.75 Å². The molecule has 3 aliphatic rings. The molecule has 0 heterocycles. The first-order chi connectivity index (χ1) is 13.5. The largest absolute Gasteiger partial charge is 0.508 e. The molecule has 0 saturated heterocycles. The summed E-state index contributed by atoms with van der Waals surface area (Å²) in [4.78, 5) is 13.4. The molecule has 28 heavy (non-hydrogen) atoms. The Morgan fingerprint density at radius 1 is 1.14 bits per heavy atom. The van der Waals surface area contributed by atoms with Gasteiger partial charge in [-0.3, -0.25) is 4.79 Å². The number of carbonyl (C=O) groups excluding carboxylic acids is 1. The number of phenolic OH excluding ortho intramolecular Hbond substituents is 1. The molecule has 0 bridgehead atoms. The predicted octanol–water partition coefficient (Wildman–Crippen LogP) is 6.16. The van der Waals surface area contributed by atoms with Crippen LogP contribution in [0.3, 0.4) is 0 Å². The third-order valence-electron chi connectivity index (χ3n) is 7.56. The summed E-state index contributed by atoms with van der Waals surface area (Å²) < 4.78 is 0. The average molecular weight is 393 g/mol. The van der Waals surface area contributed by atoms with Gasteiger partial charge in [-0.2, -0.15) is 0 Å². The standard InChI is InChI=1S/C25H25ClO2/c1-25-11-10-21-20-9-7-19(27)13-16(20)4-8-22(21)23(25)14-17(24(25)28)12-15-2-5-18(26)6-3-15/h2-3,5-7,9,12-13,21-23,27H,4,8,10-11,14H2,1H3/b17-12-/t21-,22-,23+,25+/m1/s1. The van der Waals surface area contributed by atoms with Crippen molar-refractivity contribution in [1.29, 1.82) is 0 Å². The molecular formula is C25H25ClO2. The molecule has 2 aromatic rings. The van der Waals surface area contributed by atoms with E-state index in [1.807, 2.05) is 36.4 Å². The number of hydrogen-bond donors (Lipinski definition) is 1. The molecule has 0 aromatic heterocycles. The number of rotatable bonds is 1. The summed E-state index contributed by atoms with van der Waals surface area (Å²) in [5.41, 5.74) is 4.50. The summed E-state index contributed by atoms with van der Waals surface area (Å²) in [6, 6.07) is 13.6. The van der Waals surface area contributed by atoms with Crippen molar-refractivity contribution in [2.24, 2.45) is 17.3 Å². The summed E-state index contributed by atoms with van der Waals surface area (Å²) in [7, 11) is 0. The van der Waals surface area contributed by atoms with Gasteiger partial charge in [0.15, 0.2) is 5.78 Å². The molecule has 2 fully saturated rings. The number of benzene rings is 2. The zero-order chi connectivity index (χ0) is 19.5. The van der Waals surface area contributed by atoms with E-state index in [-0.39, 0.29) is 5.41 Å². The van der Waals surface area contributed by atoms with Crippen LogP contribution in [-0.2, 0) is 11.2 Å². The molecule has 0 spiro atoms. The minimum Gasteiger partial charge on any atom is -0.508 e. The Labute approximate surface area is 171 Å². The number of aryl methyl sites for hydroxylation is 1. The molecule has 3 aliphatic carbocycles. The molecule has 0 aliphatic heterocycles. The Morgan fingerprint density at radius 3 is 2.71 bits per heavy atom. The number of hydrogen-bond acceptors (Lipinski definition) is 2. The van der Waals surface area contributed by atoms with Crippen LogP contribution >= 0.6 is 11.6 Å². The third-order valence-corrected chi connectivity index (χ3v) is 7.81. The second kappa shape index (κ2) is 6.49. The fourth-order valence-corrected chi connectivity index (χ4v) is 6.25. The minimum atomic E-state index is -0.228. The first-order valence-corrected chi connectivity index (χ1v) is 10.7. The van der Waals surface area contributed by atoms with Crippen LogP contribution in [0.1, 0.15) is 55.2 Å². The van der Waals surface area contributed by atoms with E-state index >= 15 is 0 Å². The Balaban J connectivity index is 1.48. The molecule has 2 aromatic carbocycles. The van der Waals surface area contributed by atoms with Crippen molar-refractivity contribution in [2.75, 3.05) is 0 Å². The monoisotopic (exact) mass is 392 g/mol. The minimum absolute atomic E-state index is 0.228. The Kier molecular flexibility index (Phi) is 4.17. The SMILES string of the molecule is C[C@]12CC[C@@H]3c4ccc(O)cc4CC[C@H]3[C@@H]1C/C(=C/c1ccc(Cl)cc1)C2=O. The van der Waals surface area contributed by atoms with Crippen LogP contribution in [0.15, 0.2) is 48.0 Å². The highest BCUT2D eigenvalue weighted by atomic mass is 35.5. The maximum Gasteiger partial charge on any atom is 0.165 e. The lowest BCUT2D eigenvalue weighted by Gasteiger charge is -2.48. The highest BCUT2D eigenvalue weighted by molar-refractivity contribution is 6.30. The van der Waals surface area contributed by atoms with Gasteiger partial charge in [0.2, 0.25) is 0 Å². The number of halogens is 1. The average Bonchev–Trinajstić information content (AvgIpc) is 2.94. The second-order valence-corrected chi connectivity index (χ2v) is 9.45. The van der Waals surface area contributed by atoms with Gasteiger partial charge in [0.1, 0.15) is 5.75 Å². The number of ketones is 1. The maximum atomic E-state index is 13.4. The van der Waals surface area contributed by atoms with Gasteiger partial charge < -0.3 is 5.11 Å². The molecule has 1 N–H and O–H groups in total. The summed E-state index contributed by atoms with van der Waals surface area (Å²) in [6.07, 6.45) is 7.09. The van der Waals surface area contributed by atoms with Gasteiger partial charge in [-0.1, -0.05) is 36.7 Å². The van der Waals surface area contributed by atoms with Crippen molar-refractivity contribution in [3.63, 3.8) is 0 Å². The molecule has 0 amide bonds. The predicted molar refractivity (Wildman–Crippen MR) is 113 cm³/mol. The smallest absolute Gasteiger partial charge is 0.165 e. The molecule has 144 valence electrons. The van der Waals surface area contributed by atoms with Gasteiger partial charge in [-0.15, -0.1) is 0 Å². The van der Waals surface area contributed by atoms with Crippen molar-refractivity contribution in [2.45, 2.75) is 44.9 Å². The van der Waals surface area contributed by atoms with Gasteiger partial charge in [-0.25, -0.2) is 0 Å².